The highest BCUT2D eigenvalue weighted by Crippen LogP contribution is 2.60. The molecule has 2 aliphatic carbocycles. The van der Waals surface area contributed by atoms with Gasteiger partial charge in [0, 0.05) is 21.6 Å². The summed E-state index contributed by atoms with van der Waals surface area (Å²) in [6.07, 6.45) is 0. The van der Waals surface area contributed by atoms with Gasteiger partial charge < -0.3 is 4.90 Å². The van der Waals surface area contributed by atoms with Crippen molar-refractivity contribution in [3.63, 3.8) is 0 Å². The second-order valence-corrected chi connectivity index (χ2v) is 14.6. The maximum absolute atomic E-state index is 2.54. The second kappa shape index (κ2) is 8.30. The predicted octanol–water partition coefficient (Wildman–Crippen LogP) is 11.6. The topological polar surface area (TPSA) is 3.24 Å². The maximum Gasteiger partial charge on any atom is 0.0543 e. The number of rotatable bonds is 1. The minimum absolute atomic E-state index is 0.0301. The number of anilines is 3. The molecule has 1 heteroatoms. The molecule has 1 aliphatic heterocycles. The van der Waals surface area contributed by atoms with E-state index in [1.807, 2.05) is 0 Å². The van der Waals surface area contributed by atoms with Crippen molar-refractivity contribution in [1.29, 1.82) is 0 Å². The summed E-state index contributed by atoms with van der Waals surface area (Å²) in [4.78, 5) is 2.54. The zero-order chi connectivity index (χ0) is 30.2. The molecule has 0 unspecified atom stereocenters. The van der Waals surface area contributed by atoms with Crippen molar-refractivity contribution in [2.75, 3.05) is 4.90 Å². The summed E-state index contributed by atoms with van der Waals surface area (Å²) in [5, 5.41) is 2.63. The van der Waals surface area contributed by atoms with Gasteiger partial charge in [-0.15, -0.1) is 0 Å². The summed E-state index contributed by atoms with van der Waals surface area (Å²) in [5.41, 5.74) is 17.6. The van der Waals surface area contributed by atoms with E-state index in [1.165, 1.54) is 83.5 Å². The number of nitrogens with zero attached hydrogens (tertiary/aromatic N) is 1. The molecule has 0 spiro atoms. The zero-order valence-corrected chi connectivity index (χ0v) is 26.4. The van der Waals surface area contributed by atoms with E-state index >= 15 is 0 Å². The van der Waals surface area contributed by atoms with E-state index in [2.05, 4.69) is 162 Å². The highest BCUT2D eigenvalue weighted by molar-refractivity contribution is 6.11. The second-order valence-electron chi connectivity index (χ2n) is 14.6. The summed E-state index contributed by atoms with van der Waals surface area (Å²) < 4.78 is 0. The van der Waals surface area contributed by atoms with Crippen LogP contribution < -0.4 is 4.90 Å². The van der Waals surface area contributed by atoms with Crippen LogP contribution in [0, 0.1) is 0 Å². The van der Waals surface area contributed by atoms with Crippen LogP contribution in [0.4, 0.5) is 17.1 Å². The molecule has 0 N–H and O–H groups in total. The van der Waals surface area contributed by atoms with Crippen molar-refractivity contribution in [2.24, 2.45) is 0 Å². The number of hydrogen-bond donors (Lipinski definition) is 0. The summed E-state index contributed by atoms with van der Waals surface area (Å²) in [6, 6.07) is 43.7. The van der Waals surface area contributed by atoms with Gasteiger partial charge in [-0.05, 0) is 91.4 Å². The largest absolute Gasteiger partial charge is 0.309 e. The van der Waals surface area contributed by atoms with Crippen LogP contribution in [-0.2, 0) is 16.2 Å². The Hall–Kier alpha value is -4.62. The normalized spacial score (nSPS) is 17.4. The van der Waals surface area contributed by atoms with Crippen LogP contribution in [-0.4, -0.2) is 0 Å². The molecular formula is C43H37N. The van der Waals surface area contributed by atoms with Gasteiger partial charge >= 0.3 is 0 Å². The lowest BCUT2D eigenvalue weighted by molar-refractivity contribution is 0.631. The lowest BCUT2D eigenvalue weighted by atomic mass is 9.73. The number of benzene rings is 6. The first-order valence-corrected chi connectivity index (χ1v) is 16.0. The summed E-state index contributed by atoms with van der Waals surface area (Å²) in [5.74, 6) is 0. The Morgan fingerprint density at radius 3 is 1.52 bits per heavy atom. The van der Waals surface area contributed by atoms with E-state index in [9.17, 15) is 0 Å². The summed E-state index contributed by atoms with van der Waals surface area (Å²) in [7, 11) is 0. The smallest absolute Gasteiger partial charge is 0.0543 e. The first kappa shape index (κ1) is 25.8. The van der Waals surface area contributed by atoms with Crippen LogP contribution in [0.3, 0.4) is 0 Å². The molecule has 0 saturated carbocycles. The van der Waals surface area contributed by atoms with Gasteiger partial charge in [-0.25, -0.2) is 0 Å². The third-order valence-corrected chi connectivity index (χ3v) is 11.2. The van der Waals surface area contributed by atoms with Crippen molar-refractivity contribution in [1.82, 2.24) is 0 Å². The molecule has 3 aliphatic rings. The van der Waals surface area contributed by atoms with Crippen molar-refractivity contribution in [3.8, 4) is 22.3 Å². The third-order valence-electron chi connectivity index (χ3n) is 11.2. The van der Waals surface area contributed by atoms with Crippen molar-refractivity contribution >= 4 is 27.8 Å². The van der Waals surface area contributed by atoms with Gasteiger partial charge in [-0.2, -0.15) is 0 Å². The van der Waals surface area contributed by atoms with Crippen LogP contribution >= 0.6 is 0 Å². The van der Waals surface area contributed by atoms with Crippen molar-refractivity contribution in [3.05, 3.63) is 149 Å². The highest BCUT2D eigenvalue weighted by Gasteiger charge is 2.43. The van der Waals surface area contributed by atoms with Crippen LogP contribution in [0.1, 0.15) is 74.9 Å². The number of hydrogen-bond acceptors (Lipinski definition) is 1. The molecule has 6 aromatic rings. The Morgan fingerprint density at radius 1 is 0.364 bits per heavy atom. The van der Waals surface area contributed by atoms with Crippen molar-refractivity contribution in [2.45, 2.75) is 57.8 Å². The van der Waals surface area contributed by atoms with E-state index < -0.39 is 0 Å². The number of fused-ring (bicyclic) bond motifs is 10. The Bertz CT molecular complexity index is 2160. The molecule has 0 radical (unpaired) electrons. The fourth-order valence-corrected chi connectivity index (χ4v) is 8.87. The Morgan fingerprint density at radius 2 is 0.841 bits per heavy atom. The van der Waals surface area contributed by atoms with Gasteiger partial charge in [0.1, 0.15) is 0 Å². The highest BCUT2D eigenvalue weighted by atomic mass is 15.2. The molecule has 0 amide bonds. The molecule has 0 fully saturated rings. The fourth-order valence-electron chi connectivity index (χ4n) is 8.87. The van der Waals surface area contributed by atoms with Crippen LogP contribution in [0.5, 0.6) is 0 Å². The minimum atomic E-state index is -0.145. The minimum Gasteiger partial charge on any atom is -0.309 e. The summed E-state index contributed by atoms with van der Waals surface area (Å²) >= 11 is 0. The van der Waals surface area contributed by atoms with Gasteiger partial charge in [-0.1, -0.05) is 126 Å². The maximum atomic E-state index is 2.54. The van der Waals surface area contributed by atoms with Gasteiger partial charge in [0.2, 0.25) is 0 Å². The number of para-hydroxylation sites is 2. The molecule has 1 heterocycles. The van der Waals surface area contributed by atoms with Gasteiger partial charge in [0.15, 0.2) is 0 Å². The van der Waals surface area contributed by atoms with E-state index in [0.29, 0.717) is 0 Å². The average molecular weight is 568 g/mol. The lowest BCUT2D eigenvalue weighted by Crippen LogP contribution is -2.30. The van der Waals surface area contributed by atoms with E-state index in [1.54, 1.807) is 0 Å². The zero-order valence-electron chi connectivity index (χ0n) is 26.4. The third kappa shape index (κ3) is 3.05. The molecule has 1 nitrogen and oxygen atoms in total. The van der Waals surface area contributed by atoms with E-state index in [-0.39, 0.29) is 16.2 Å². The van der Waals surface area contributed by atoms with Gasteiger partial charge in [-0.3, -0.25) is 0 Å². The molecule has 44 heavy (non-hydrogen) atoms. The van der Waals surface area contributed by atoms with E-state index in [4.69, 9.17) is 0 Å². The molecular weight excluding hydrogens is 530 g/mol. The Labute approximate surface area is 260 Å². The Balaban J connectivity index is 1.35. The molecule has 214 valence electrons. The van der Waals surface area contributed by atoms with Gasteiger partial charge in [0.25, 0.3) is 0 Å². The quantitative estimate of drug-likeness (QED) is 0.191. The van der Waals surface area contributed by atoms with Crippen LogP contribution in [0.25, 0.3) is 33.0 Å². The summed E-state index contributed by atoms with van der Waals surface area (Å²) in [6.45, 7) is 14.4. The fraction of sp³-hybridized carbons (Fsp3) is 0.209. The molecule has 0 bridgehead atoms. The lowest BCUT2D eigenvalue weighted by Gasteiger charge is -2.42. The first-order valence-electron chi connectivity index (χ1n) is 16.0. The molecule has 0 saturated heterocycles. The van der Waals surface area contributed by atoms with Crippen LogP contribution in [0.15, 0.2) is 115 Å². The average Bonchev–Trinajstić information content (AvgIpc) is 3.39. The predicted molar refractivity (Wildman–Crippen MR) is 186 cm³/mol. The monoisotopic (exact) mass is 567 g/mol. The van der Waals surface area contributed by atoms with E-state index in [0.717, 1.165) is 0 Å². The SMILES string of the molecule is CC1(C)c2ccccc2-c2cc3c(cc21)-c1c(cc(N2c4ccccc4C(C)(C)c4ccccc42)c2ccccc12)C3(C)C. The van der Waals surface area contributed by atoms with Gasteiger partial charge in [0.05, 0.1) is 17.1 Å². The van der Waals surface area contributed by atoms with Crippen molar-refractivity contribution < 1.29 is 0 Å². The van der Waals surface area contributed by atoms with Crippen LogP contribution in [0.2, 0.25) is 0 Å². The molecule has 0 aromatic heterocycles. The molecule has 0 atom stereocenters. The standard InChI is InChI=1S/C43H37N/c1-41(2)31-18-10-9-15-26(31)29-23-35-30(24-34(29)41)40-28-17-8-7-16-27(28)39(25-36(40)43(35,5)6)44-37-21-13-11-19-32(37)42(3,4)33-20-12-14-22-38(33)44/h7-25H,1-6H3. The molecule has 6 aromatic carbocycles. The molecule has 9 rings (SSSR count). The first-order chi connectivity index (χ1) is 21.1. The Kier molecular flexibility index (Phi) is 4.87.